The first-order chi connectivity index (χ1) is 6.78. The molecule has 0 fully saturated rings. The van der Waals surface area contributed by atoms with E-state index in [1.807, 2.05) is 0 Å². The van der Waals surface area contributed by atoms with Crippen molar-refractivity contribution in [2.75, 3.05) is 6.54 Å². The Bertz CT molecular complexity index is 242. The maximum atomic E-state index is 11.3. The summed E-state index contributed by atoms with van der Waals surface area (Å²) in [7, 11) is 0. The molecule has 0 aromatic carbocycles. The zero-order valence-electron chi connectivity index (χ0n) is 8.60. The van der Waals surface area contributed by atoms with Gasteiger partial charge in [-0.05, 0) is 13.3 Å². The molecule has 0 aromatic heterocycles. The highest BCUT2D eigenvalue weighted by Gasteiger charge is 2.25. The van der Waals surface area contributed by atoms with Crippen molar-refractivity contribution in [3.05, 3.63) is 0 Å². The minimum atomic E-state index is -1.27. The van der Waals surface area contributed by atoms with Crippen molar-refractivity contribution in [3.63, 3.8) is 0 Å². The van der Waals surface area contributed by atoms with E-state index >= 15 is 0 Å². The molecule has 0 radical (unpaired) electrons. The Morgan fingerprint density at radius 1 is 1.53 bits per heavy atom. The Balaban J connectivity index is 4.04. The minimum absolute atomic E-state index is 0.00875. The first-order valence-corrected chi connectivity index (χ1v) is 4.47. The lowest BCUT2D eigenvalue weighted by atomic mass is 10.1. The number of rotatable bonds is 6. The van der Waals surface area contributed by atoms with E-state index < -0.39 is 23.7 Å². The SMILES string of the molecule is CC(N)(CN)OC(=O)[C@@H](N)CCC(=O)O. The van der Waals surface area contributed by atoms with Crippen LogP contribution >= 0.6 is 0 Å². The van der Waals surface area contributed by atoms with Crippen LogP contribution in [0.2, 0.25) is 0 Å². The van der Waals surface area contributed by atoms with Gasteiger partial charge in [-0.2, -0.15) is 0 Å². The number of hydrogen-bond acceptors (Lipinski definition) is 6. The number of ether oxygens (including phenoxy) is 1. The van der Waals surface area contributed by atoms with Gasteiger partial charge < -0.3 is 21.3 Å². The first-order valence-electron chi connectivity index (χ1n) is 4.47. The fourth-order valence-corrected chi connectivity index (χ4v) is 0.744. The van der Waals surface area contributed by atoms with Crippen molar-refractivity contribution in [2.24, 2.45) is 17.2 Å². The molecule has 0 bridgehead atoms. The van der Waals surface area contributed by atoms with Gasteiger partial charge in [-0.3, -0.25) is 15.3 Å². The number of nitrogens with two attached hydrogens (primary N) is 3. The molecule has 0 aromatic rings. The molecule has 15 heavy (non-hydrogen) atoms. The smallest absolute Gasteiger partial charge is 0.324 e. The van der Waals surface area contributed by atoms with Gasteiger partial charge in [0, 0.05) is 13.0 Å². The molecule has 0 amide bonds. The number of carboxylic acid groups (broad SMARTS) is 1. The summed E-state index contributed by atoms with van der Waals surface area (Å²) in [6, 6.07) is -0.990. The summed E-state index contributed by atoms with van der Waals surface area (Å²) in [4.78, 5) is 21.5. The summed E-state index contributed by atoms with van der Waals surface area (Å²) in [5, 5.41) is 8.37. The van der Waals surface area contributed by atoms with Gasteiger partial charge in [0.1, 0.15) is 6.04 Å². The van der Waals surface area contributed by atoms with Crippen LogP contribution < -0.4 is 17.2 Å². The molecule has 0 spiro atoms. The Kier molecular flexibility index (Phi) is 5.20. The Morgan fingerprint density at radius 2 is 2.07 bits per heavy atom. The maximum absolute atomic E-state index is 11.3. The van der Waals surface area contributed by atoms with Crippen molar-refractivity contribution >= 4 is 11.9 Å². The van der Waals surface area contributed by atoms with Crippen LogP contribution in [0.3, 0.4) is 0 Å². The molecule has 7 N–H and O–H groups in total. The minimum Gasteiger partial charge on any atom is -0.481 e. The highest BCUT2D eigenvalue weighted by molar-refractivity contribution is 5.77. The van der Waals surface area contributed by atoms with Crippen LogP contribution in [0, 0.1) is 0 Å². The van der Waals surface area contributed by atoms with Crippen LogP contribution in [-0.4, -0.2) is 35.4 Å². The zero-order valence-corrected chi connectivity index (χ0v) is 8.60. The predicted octanol–water partition coefficient (Wildman–Crippen LogP) is -1.64. The Morgan fingerprint density at radius 3 is 2.47 bits per heavy atom. The summed E-state index contributed by atoms with van der Waals surface area (Å²) in [6.07, 6.45) is -0.186. The van der Waals surface area contributed by atoms with E-state index in [-0.39, 0.29) is 19.4 Å². The van der Waals surface area contributed by atoms with Crippen LogP contribution in [0.25, 0.3) is 0 Å². The molecule has 7 heteroatoms. The number of aliphatic carboxylic acids is 1. The normalized spacial score (nSPS) is 16.5. The van der Waals surface area contributed by atoms with Gasteiger partial charge in [-0.25, -0.2) is 0 Å². The van der Waals surface area contributed by atoms with Crippen LogP contribution in [0.15, 0.2) is 0 Å². The maximum Gasteiger partial charge on any atom is 0.324 e. The van der Waals surface area contributed by atoms with Gasteiger partial charge in [0.05, 0.1) is 0 Å². The number of esters is 1. The number of carbonyl (C=O) groups is 2. The van der Waals surface area contributed by atoms with Crippen LogP contribution in [-0.2, 0) is 14.3 Å². The molecule has 2 atom stereocenters. The van der Waals surface area contributed by atoms with Crippen molar-refractivity contribution in [2.45, 2.75) is 31.5 Å². The van der Waals surface area contributed by atoms with Crippen molar-refractivity contribution < 1.29 is 19.4 Å². The Labute approximate surface area is 87.5 Å². The summed E-state index contributed by atoms with van der Waals surface area (Å²) in [5.41, 5.74) is 14.8. The third kappa shape index (κ3) is 6.00. The topological polar surface area (TPSA) is 142 Å². The van der Waals surface area contributed by atoms with E-state index in [0.717, 1.165) is 0 Å². The quantitative estimate of drug-likeness (QED) is 0.310. The molecule has 0 rings (SSSR count). The fraction of sp³-hybridized carbons (Fsp3) is 0.750. The zero-order chi connectivity index (χ0) is 12.1. The number of carbonyl (C=O) groups excluding carboxylic acids is 1. The second kappa shape index (κ2) is 5.64. The lowest BCUT2D eigenvalue weighted by Crippen LogP contribution is -2.50. The van der Waals surface area contributed by atoms with E-state index in [1.54, 1.807) is 0 Å². The fourth-order valence-electron chi connectivity index (χ4n) is 0.744. The van der Waals surface area contributed by atoms with E-state index in [9.17, 15) is 9.59 Å². The van der Waals surface area contributed by atoms with E-state index in [1.165, 1.54) is 6.92 Å². The summed E-state index contributed by atoms with van der Waals surface area (Å²) < 4.78 is 4.78. The van der Waals surface area contributed by atoms with Gasteiger partial charge in [0.2, 0.25) is 0 Å². The monoisotopic (exact) mass is 219 g/mol. The molecule has 0 saturated carbocycles. The molecule has 0 aliphatic heterocycles. The van der Waals surface area contributed by atoms with Crippen molar-refractivity contribution in [1.82, 2.24) is 0 Å². The molecule has 0 heterocycles. The standard InChI is InChI=1S/C8H17N3O4/c1-8(11,4-9)15-7(14)5(10)2-3-6(12)13/h5H,2-4,9-11H2,1H3,(H,12,13)/t5-,8?/m0/s1. The van der Waals surface area contributed by atoms with Crippen LogP contribution in [0.1, 0.15) is 19.8 Å². The average molecular weight is 219 g/mol. The molecular formula is C8H17N3O4. The highest BCUT2D eigenvalue weighted by atomic mass is 16.6. The van der Waals surface area contributed by atoms with Gasteiger partial charge >= 0.3 is 11.9 Å². The summed E-state index contributed by atoms with van der Waals surface area (Å²) >= 11 is 0. The molecule has 0 aliphatic carbocycles. The van der Waals surface area contributed by atoms with E-state index in [2.05, 4.69) is 0 Å². The van der Waals surface area contributed by atoms with Crippen LogP contribution in [0.4, 0.5) is 0 Å². The second-order valence-corrected chi connectivity index (χ2v) is 3.48. The number of hydrogen-bond donors (Lipinski definition) is 4. The molecular weight excluding hydrogens is 202 g/mol. The predicted molar refractivity (Wildman–Crippen MR) is 52.6 cm³/mol. The molecule has 0 aliphatic rings. The lowest BCUT2D eigenvalue weighted by Gasteiger charge is -2.24. The average Bonchev–Trinajstić information content (AvgIpc) is 2.13. The highest BCUT2D eigenvalue weighted by Crippen LogP contribution is 2.04. The van der Waals surface area contributed by atoms with E-state index in [4.69, 9.17) is 27.0 Å². The van der Waals surface area contributed by atoms with Crippen molar-refractivity contribution in [1.29, 1.82) is 0 Å². The Hall–Kier alpha value is -1.18. The third-order valence-corrected chi connectivity index (χ3v) is 1.71. The second-order valence-electron chi connectivity index (χ2n) is 3.48. The van der Waals surface area contributed by atoms with Gasteiger partial charge in [-0.1, -0.05) is 0 Å². The largest absolute Gasteiger partial charge is 0.481 e. The van der Waals surface area contributed by atoms with E-state index in [0.29, 0.717) is 0 Å². The molecule has 1 unspecified atom stereocenters. The summed E-state index contributed by atoms with van der Waals surface area (Å²) in [5.74, 6) is -1.76. The van der Waals surface area contributed by atoms with Crippen LogP contribution in [0.5, 0.6) is 0 Å². The molecule has 88 valence electrons. The first kappa shape index (κ1) is 13.8. The number of carboxylic acids is 1. The molecule has 0 saturated heterocycles. The third-order valence-electron chi connectivity index (χ3n) is 1.71. The van der Waals surface area contributed by atoms with Gasteiger partial charge in [0.25, 0.3) is 0 Å². The lowest BCUT2D eigenvalue weighted by molar-refractivity contribution is -0.158. The summed E-state index contributed by atoms with van der Waals surface area (Å²) in [6.45, 7) is 1.40. The van der Waals surface area contributed by atoms with Gasteiger partial charge in [-0.15, -0.1) is 0 Å². The van der Waals surface area contributed by atoms with Crippen molar-refractivity contribution in [3.8, 4) is 0 Å². The van der Waals surface area contributed by atoms with Gasteiger partial charge in [0.15, 0.2) is 5.72 Å². The molecule has 7 nitrogen and oxygen atoms in total.